The summed E-state index contributed by atoms with van der Waals surface area (Å²) in [6.45, 7) is 6.82. The van der Waals surface area contributed by atoms with E-state index in [1.807, 2.05) is 24.3 Å². The highest BCUT2D eigenvalue weighted by Gasteiger charge is 2.40. The van der Waals surface area contributed by atoms with Gasteiger partial charge in [-0.1, -0.05) is 18.2 Å². The van der Waals surface area contributed by atoms with Crippen LogP contribution in [0.15, 0.2) is 76.5 Å². The molecule has 0 radical (unpaired) electrons. The maximum Gasteiger partial charge on any atom is 0.264 e. The molecule has 8 nitrogen and oxygen atoms in total. The molecular weight excluding hydrogens is 508 g/mol. The number of aryl methyl sites for hydroxylation is 2. The van der Waals surface area contributed by atoms with E-state index in [9.17, 15) is 16.8 Å². The van der Waals surface area contributed by atoms with Crippen molar-refractivity contribution in [2.75, 3.05) is 54.4 Å². The predicted molar refractivity (Wildman–Crippen MR) is 148 cm³/mol. The number of para-hydroxylation sites is 2. The number of fused-ring (bicyclic) bond motifs is 3. The molecule has 5 rings (SSSR count). The normalized spacial score (nSPS) is 18.1. The van der Waals surface area contributed by atoms with Gasteiger partial charge in [0.25, 0.3) is 10.0 Å². The average molecular weight is 541 g/mol. The topological polar surface area (TPSA) is 81.2 Å². The van der Waals surface area contributed by atoms with Crippen molar-refractivity contribution >= 4 is 37.1 Å². The van der Waals surface area contributed by atoms with Gasteiger partial charge in [-0.2, -0.15) is 0 Å². The summed E-state index contributed by atoms with van der Waals surface area (Å²) >= 11 is 0. The van der Waals surface area contributed by atoms with E-state index in [2.05, 4.69) is 41.8 Å². The number of piperazine rings is 1. The number of anilines is 3. The first kappa shape index (κ1) is 25.6. The highest BCUT2D eigenvalue weighted by atomic mass is 32.2. The van der Waals surface area contributed by atoms with E-state index in [1.165, 1.54) is 53.8 Å². The van der Waals surface area contributed by atoms with Crippen LogP contribution in [0.25, 0.3) is 0 Å². The second-order valence-corrected chi connectivity index (χ2v) is 13.9. The fraction of sp³-hybridized carbons (Fsp3) is 0.333. The van der Waals surface area contributed by atoms with Crippen LogP contribution in [0.2, 0.25) is 0 Å². The minimum Gasteiger partial charge on any atom is -0.368 e. The number of benzene rings is 3. The standard InChI is InChI=1S/C27H32N4O4S2/c1-20-15-21(2)17-22(16-20)29-13-14-30-23(18-29)19-31(27-8-6-5-7-26(27)30)37(34,35)25-11-9-24(10-12-25)36(32,33)28(3)4/h5-12,15-17,23H,13-14,18-19H2,1-4H3. The summed E-state index contributed by atoms with van der Waals surface area (Å²) in [6, 6.07) is 19.5. The Hall–Kier alpha value is -3.08. The molecular formula is C27H32N4O4S2. The monoisotopic (exact) mass is 540 g/mol. The molecule has 1 fully saturated rings. The molecule has 1 saturated heterocycles. The summed E-state index contributed by atoms with van der Waals surface area (Å²) in [5.41, 5.74) is 5.10. The van der Waals surface area contributed by atoms with Gasteiger partial charge >= 0.3 is 0 Å². The van der Waals surface area contributed by atoms with Gasteiger partial charge in [0.1, 0.15) is 0 Å². The van der Waals surface area contributed by atoms with Crippen molar-refractivity contribution in [1.82, 2.24) is 4.31 Å². The van der Waals surface area contributed by atoms with E-state index in [1.54, 1.807) is 0 Å². The van der Waals surface area contributed by atoms with Crippen LogP contribution >= 0.6 is 0 Å². The first-order valence-corrected chi connectivity index (χ1v) is 15.1. The Labute approximate surface area is 219 Å². The third-order valence-corrected chi connectivity index (χ3v) is 10.7. The molecule has 0 N–H and O–H groups in total. The van der Waals surface area contributed by atoms with Crippen LogP contribution < -0.4 is 14.1 Å². The van der Waals surface area contributed by atoms with Crippen molar-refractivity contribution in [3.05, 3.63) is 77.9 Å². The van der Waals surface area contributed by atoms with Crippen LogP contribution in [0.1, 0.15) is 11.1 Å². The molecule has 0 saturated carbocycles. The molecule has 0 aromatic heterocycles. The Kier molecular flexibility index (Phi) is 6.45. The number of nitrogens with zero attached hydrogens (tertiary/aromatic N) is 4. The van der Waals surface area contributed by atoms with E-state index in [-0.39, 0.29) is 15.8 Å². The second-order valence-electron chi connectivity index (χ2n) is 9.92. The fourth-order valence-electron chi connectivity index (χ4n) is 5.25. The summed E-state index contributed by atoms with van der Waals surface area (Å²) in [4.78, 5) is 4.77. The van der Waals surface area contributed by atoms with E-state index in [0.717, 1.165) is 28.8 Å². The van der Waals surface area contributed by atoms with Crippen molar-refractivity contribution in [3.8, 4) is 0 Å². The molecule has 0 aliphatic carbocycles. The van der Waals surface area contributed by atoms with E-state index in [4.69, 9.17) is 0 Å². The Bertz CT molecular complexity index is 1520. The minimum absolute atomic E-state index is 0.0346. The van der Waals surface area contributed by atoms with Gasteiger partial charge < -0.3 is 9.80 Å². The second kappa shape index (κ2) is 9.34. The van der Waals surface area contributed by atoms with Gasteiger partial charge in [-0.05, 0) is 73.5 Å². The van der Waals surface area contributed by atoms with Gasteiger partial charge in [-0.15, -0.1) is 0 Å². The lowest BCUT2D eigenvalue weighted by atomic mass is 10.0. The van der Waals surface area contributed by atoms with Crippen LogP contribution in [0.3, 0.4) is 0 Å². The van der Waals surface area contributed by atoms with Gasteiger partial charge in [-0.25, -0.2) is 21.1 Å². The molecule has 2 heterocycles. The van der Waals surface area contributed by atoms with Gasteiger partial charge in [0, 0.05) is 39.4 Å². The molecule has 2 aliphatic heterocycles. The molecule has 196 valence electrons. The van der Waals surface area contributed by atoms with Crippen molar-refractivity contribution in [3.63, 3.8) is 0 Å². The van der Waals surface area contributed by atoms with Crippen LogP contribution in [-0.4, -0.2) is 67.5 Å². The maximum atomic E-state index is 13.9. The predicted octanol–water partition coefficient (Wildman–Crippen LogP) is 3.46. The molecule has 0 bridgehead atoms. The van der Waals surface area contributed by atoms with Crippen molar-refractivity contribution < 1.29 is 16.8 Å². The van der Waals surface area contributed by atoms with Crippen molar-refractivity contribution in [2.24, 2.45) is 0 Å². The lowest BCUT2D eigenvalue weighted by Crippen LogP contribution is -2.60. The number of hydrogen-bond donors (Lipinski definition) is 0. The molecule has 3 aromatic carbocycles. The lowest BCUT2D eigenvalue weighted by molar-refractivity contribution is 0.509. The van der Waals surface area contributed by atoms with Gasteiger partial charge in [0.2, 0.25) is 10.0 Å². The van der Waals surface area contributed by atoms with Gasteiger partial charge in [0.15, 0.2) is 0 Å². The number of sulfonamides is 2. The molecule has 0 amide bonds. The van der Waals surface area contributed by atoms with Gasteiger partial charge in [-0.3, -0.25) is 4.31 Å². The third kappa shape index (κ3) is 4.58. The number of hydrogen-bond acceptors (Lipinski definition) is 6. The van der Waals surface area contributed by atoms with Crippen LogP contribution in [0.4, 0.5) is 17.1 Å². The highest BCUT2D eigenvalue weighted by Crippen LogP contribution is 2.40. The number of rotatable bonds is 5. The summed E-state index contributed by atoms with van der Waals surface area (Å²) in [7, 11) is -4.69. The molecule has 1 unspecified atom stereocenters. The zero-order chi connectivity index (χ0) is 26.5. The maximum absolute atomic E-state index is 13.9. The first-order valence-electron chi connectivity index (χ1n) is 12.2. The summed E-state index contributed by atoms with van der Waals surface area (Å²) in [5, 5.41) is 0. The molecule has 10 heteroatoms. The average Bonchev–Trinajstić information content (AvgIpc) is 2.87. The Morgan fingerprint density at radius 2 is 1.35 bits per heavy atom. The quantitative estimate of drug-likeness (QED) is 0.493. The molecule has 1 atom stereocenters. The van der Waals surface area contributed by atoms with Crippen LogP contribution in [0, 0.1) is 13.8 Å². The molecule has 3 aromatic rings. The Morgan fingerprint density at radius 3 is 1.97 bits per heavy atom. The van der Waals surface area contributed by atoms with Crippen LogP contribution in [-0.2, 0) is 20.0 Å². The smallest absolute Gasteiger partial charge is 0.264 e. The van der Waals surface area contributed by atoms with Crippen molar-refractivity contribution in [2.45, 2.75) is 29.7 Å². The third-order valence-electron chi connectivity index (χ3n) is 7.08. The summed E-state index contributed by atoms with van der Waals surface area (Å²) in [6.07, 6.45) is 0. The highest BCUT2D eigenvalue weighted by molar-refractivity contribution is 7.93. The largest absolute Gasteiger partial charge is 0.368 e. The minimum atomic E-state index is -3.92. The van der Waals surface area contributed by atoms with E-state index in [0.29, 0.717) is 18.8 Å². The Morgan fingerprint density at radius 1 is 0.757 bits per heavy atom. The van der Waals surface area contributed by atoms with E-state index < -0.39 is 20.0 Å². The molecule has 2 aliphatic rings. The first-order chi connectivity index (χ1) is 17.5. The van der Waals surface area contributed by atoms with E-state index >= 15 is 0 Å². The zero-order valence-corrected chi connectivity index (χ0v) is 23.1. The van der Waals surface area contributed by atoms with Gasteiger partial charge in [0.05, 0.1) is 33.8 Å². The summed E-state index contributed by atoms with van der Waals surface area (Å²) in [5.74, 6) is 0. The summed E-state index contributed by atoms with van der Waals surface area (Å²) < 4.78 is 55.3. The molecule has 0 spiro atoms. The SMILES string of the molecule is Cc1cc(C)cc(N2CCN3c4ccccc4N(S(=O)(=O)c4ccc(S(=O)(=O)N(C)C)cc4)CC3C2)c1. The zero-order valence-electron chi connectivity index (χ0n) is 21.5. The molecule has 37 heavy (non-hydrogen) atoms. The lowest BCUT2D eigenvalue weighted by Gasteiger charge is -2.49. The van der Waals surface area contributed by atoms with Crippen LogP contribution in [0.5, 0.6) is 0 Å². The Balaban J connectivity index is 1.49. The van der Waals surface area contributed by atoms with Crippen molar-refractivity contribution in [1.29, 1.82) is 0 Å². The fourth-order valence-corrected chi connectivity index (χ4v) is 7.67.